The van der Waals surface area contributed by atoms with Gasteiger partial charge in [-0.1, -0.05) is 26.0 Å². The van der Waals surface area contributed by atoms with Gasteiger partial charge in [0.15, 0.2) is 0 Å². The topological polar surface area (TPSA) is 36.7 Å². The van der Waals surface area contributed by atoms with Crippen molar-refractivity contribution in [2.24, 2.45) is 0 Å². The van der Waals surface area contributed by atoms with E-state index in [9.17, 15) is 0 Å². The third-order valence-corrected chi connectivity index (χ3v) is 3.23. The first-order valence-electron chi connectivity index (χ1n) is 5.12. The minimum atomic E-state index is 0.314. The van der Waals surface area contributed by atoms with Crippen molar-refractivity contribution in [1.82, 2.24) is 4.98 Å². The minimum absolute atomic E-state index is 0.314. The molecule has 0 spiro atoms. The van der Waals surface area contributed by atoms with Crippen molar-refractivity contribution in [3.05, 3.63) is 40.0 Å². The van der Waals surface area contributed by atoms with E-state index in [1.165, 1.54) is 0 Å². The molecule has 0 aliphatic heterocycles. The third kappa shape index (κ3) is 1.70. The first-order chi connectivity index (χ1) is 7.65. The number of hydrogen-bond donors (Lipinski definition) is 0. The molecular weight excluding hydrogens is 264 g/mol. The Morgan fingerprint density at radius 3 is 2.75 bits per heavy atom. The summed E-state index contributed by atoms with van der Waals surface area (Å²) in [5, 5.41) is 10.2. The van der Waals surface area contributed by atoms with E-state index in [2.05, 4.69) is 40.8 Å². The number of para-hydroxylation sites is 1. The van der Waals surface area contributed by atoms with Gasteiger partial charge in [0.2, 0.25) is 0 Å². The number of nitrogens with zero attached hydrogens (tertiary/aromatic N) is 2. The standard InChI is InChI=1S/C13H11BrN2/c1-8(2)12-9(6-15)7-16-13-10(12)4-3-5-11(13)14/h3-5,7-8H,1-2H3. The highest BCUT2D eigenvalue weighted by Crippen LogP contribution is 2.30. The quantitative estimate of drug-likeness (QED) is 0.788. The molecule has 0 saturated heterocycles. The fourth-order valence-corrected chi connectivity index (χ4v) is 2.39. The second-order valence-electron chi connectivity index (χ2n) is 3.99. The molecule has 1 aromatic carbocycles. The molecule has 0 aliphatic rings. The predicted molar refractivity (Wildman–Crippen MR) is 68.2 cm³/mol. The lowest BCUT2D eigenvalue weighted by molar-refractivity contribution is 0.870. The number of hydrogen-bond acceptors (Lipinski definition) is 2. The van der Waals surface area contributed by atoms with Crippen LogP contribution < -0.4 is 0 Å². The second kappa shape index (κ2) is 4.23. The SMILES string of the molecule is CC(C)c1c(C#N)cnc2c(Br)cccc12. The summed E-state index contributed by atoms with van der Waals surface area (Å²) in [6, 6.07) is 8.16. The summed E-state index contributed by atoms with van der Waals surface area (Å²) in [6.45, 7) is 4.19. The van der Waals surface area contributed by atoms with Crippen LogP contribution in [0.2, 0.25) is 0 Å². The Labute approximate surface area is 103 Å². The summed E-state index contributed by atoms with van der Waals surface area (Å²) < 4.78 is 0.969. The van der Waals surface area contributed by atoms with Crippen LogP contribution in [0.5, 0.6) is 0 Å². The molecule has 0 bridgehead atoms. The summed E-state index contributed by atoms with van der Waals surface area (Å²) in [6.07, 6.45) is 1.66. The van der Waals surface area contributed by atoms with Crippen LogP contribution in [-0.2, 0) is 0 Å². The number of aromatic nitrogens is 1. The molecule has 1 aromatic heterocycles. The van der Waals surface area contributed by atoms with Crippen molar-refractivity contribution in [3.8, 4) is 6.07 Å². The zero-order valence-electron chi connectivity index (χ0n) is 9.16. The fraction of sp³-hybridized carbons (Fsp3) is 0.231. The van der Waals surface area contributed by atoms with Crippen LogP contribution in [0, 0.1) is 11.3 Å². The Hall–Kier alpha value is -1.40. The van der Waals surface area contributed by atoms with Crippen molar-refractivity contribution in [1.29, 1.82) is 5.26 Å². The highest BCUT2D eigenvalue weighted by molar-refractivity contribution is 9.10. The maximum absolute atomic E-state index is 9.09. The normalized spacial score (nSPS) is 10.7. The number of fused-ring (bicyclic) bond motifs is 1. The molecule has 16 heavy (non-hydrogen) atoms. The smallest absolute Gasteiger partial charge is 0.101 e. The number of pyridine rings is 1. The van der Waals surface area contributed by atoms with Gasteiger partial charge >= 0.3 is 0 Å². The van der Waals surface area contributed by atoms with Gasteiger partial charge in [-0.15, -0.1) is 0 Å². The number of halogens is 1. The summed E-state index contributed by atoms with van der Waals surface area (Å²) >= 11 is 3.48. The largest absolute Gasteiger partial charge is 0.254 e. The second-order valence-corrected chi connectivity index (χ2v) is 4.84. The molecular formula is C13H11BrN2. The van der Waals surface area contributed by atoms with Gasteiger partial charge in [-0.05, 0) is 33.5 Å². The van der Waals surface area contributed by atoms with E-state index in [1.807, 2.05) is 18.2 Å². The fourth-order valence-electron chi connectivity index (χ4n) is 1.92. The van der Waals surface area contributed by atoms with Crippen molar-refractivity contribution in [2.75, 3.05) is 0 Å². The molecule has 0 saturated carbocycles. The van der Waals surface area contributed by atoms with Gasteiger partial charge < -0.3 is 0 Å². The van der Waals surface area contributed by atoms with Crippen LogP contribution in [-0.4, -0.2) is 4.98 Å². The van der Waals surface area contributed by atoms with E-state index in [4.69, 9.17) is 5.26 Å². The van der Waals surface area contributed by atoms with Crippen molar-refractivity contribution >= 4 is 26.8 Å². The van der Waals surface area contributed by atoms with Gasteiger partial charge in [0.1, 0.15) is 6.07 Å². The number of nitriles is 1. The maximum atomic E-state index is 9.09. The van der Waals surface area contributed by atoms with Crippen LogP contribution in [0.4, 0.5) is 0 Å². The highest BCUT2D eigenvalue weighted by atomic mass is 79.9. The lowest BCUT2D eigenvalue weighted by Gasteiger charge is -2.12. The lowest BCUT2D eigenvalue weighted by atomic mass is 9.95. The van der Waals surface area contributed by atoms with Crippen molar-refractivity contribution in [3.63, 3.8) is 0 Å². The number of rotatable bonds is 1. The van der Waals surface area contributed by atoms with Crippen molar-refractivity contribution < 1.29 is 0 Å². The first-order valence-corrected chi connectivity index (χ1v) is 5.91. The maximum Gasteiger partial charge on any atom is 0.101 e. The highest BCUT2D eigenvalue weighted by Gasteiger charge is 2.12. The lowest BCUT2D eigenvalue weighted by Crippen LogP contribution is -1.97. The molecule has 2 aromatic rings. The Morgan fingerprint density at radius 1 is 1.38 bits per heavy atom. The van der Waals surface area contributed by atoms with Gasteiger partial charge in [0.05, 0.1) is 11.1 Å². The zero-order valence-corrected chi connectivity index (χ0v) is 10.7. The molecule has 0 fully saturated rings. The summed E-state index contributed by atoms with van der Waals surface area (Å²) in [5.41, 5.74) is 2.67. The van der Waals surface area contributed by atoms with E-state index in [0.29, 0.717) is 11.5 Å². The Kier molecular flexibility index (Phi) is 2.93. The molecule has 0 radical (unpaired) electrons. The predicted octanol–water partition coefficient (Wildman–Crippen LogP) is 3.99. The zero-order chi connectivity index (χ0) is 11.7. The average molecular weight is 275 g/mol. The van der Waals surface area contributed by atoms with Crippen LogP contribution >= 0.6 is 15.9 Å². The van der Waals surface area contributed by atoms with Gasteiger partial charge in [0, 0.05) is 16.1 Å². The van der Waals surface area contributed by atoms with Gasteiger partial charge in [-0.25, -0.2) is 0 Å². The minimum Gasteiger partial charge on any atom is -0.254 e. The summed E-state index contributed by atoms with van der Waals surface area (Å²) in [5.74, 6) is 0.314. The molecule has 0 aliphatic carbocycles. The number of benzene rings is 1. The monoisotopic (exact) mass is 274 g/mol. The molecule has 2 rings (SSSR count). The molecule has 2 nitrogen and oxygen atoms in total. The summed E-state index contributed by atoms with van der Waals surface area (Å²) in [7, 11) is 0. The van der Waals surface area contributed by atoms with E-state index < -0.39 is 0 Å². The van der Waals surface area contributed by atoms with E-state index in [-0.39, 0.29) is 0 Å². The Bertz CT molecular complexity index is 582. The third-order valence-electron chi connectivity index (χ3n) is 2.59. The Morgan fingerprint density at radius 2 is 2.12 bits per heavy atom. The van der Waals surface area contributed by atoms with Crippen LogP contribution in [0.15, 0.2) is 28.9 Å². The van der Waals surface area contributed by atoms with Crippen LogP contribution in [0.25, 0.3) is 10.9 Å². The molecule has 0 atom stereocenters. The average Bonchev–Trinajstić information content (AvgIpc) is 2.27. The molecule has 3 heteroatoms. The van der Waals surface area contributed by atoms with E-state index >= 15 is 0 Å². The molecule has 0 N–H and O–H groups in total. The Balaban J connectivity index is 2.91. The van der Waals surface area contributed by atoms with Gasteiger partial charge in [-0.2, -0.15) is 5.26 Å². The van der Waals surface area contributed by atoms with Crippen LogP contribution in [0.3, 0.4) is 0 Å². The molecule has 1 heterocycles. The molecule has 0 unspecified atom stereocenters. The van der Waals surface area contributed by atoms with E-state index in [0.717, 1.165) is 20.9 Å². The van der Waals surface area contributed by atoms with E-state index in [1.54, 1.807) is 6.20 Å². The molecule has 0 amide bonds. The summed E-state index contributed by atoms with van der Waals surface area (Å²) in [4.78, 5) is 4.33. The first kappa shape index (κ1) is 11.1. The van der Waals surface area contributed by atoms with Crippen molar-refractivity contribution in [2.45, 2.75) is 19.8 Å². The van der Waals surface area contributed by atoms with Crippen LogP contribution in [0.1, 0.15) is 30.9 Å². The van der Waals surface area contributed by atoms with Gasteiger partial charge in [0.25, 0.3) is 0 Å². The van der Waals surface area contributed by atoms with Gasteiger partial charge in [-0.3, -0.25) is 4.98 Å². The molecule has 80 valence electrons.